The molecule has 74 valence electrons. The molecule has 0 bridgehead atoms. The van der Waals surface area contributed by atoms with Crippen LogP contribution in [0.4, 0.5) is 4.39 Å². The summed E-state index contributed by atoms with van der Waals surface area (Å²) in [5, 5.41) is 0. The second-order valence-corrected chi connectivity index (χ2v) is 4.09. The zero-order valence-corrected chi connectivity index (χ0v) is 8.56. The van der Waals surface area contributed by atoms with Crippen LogP contribution in [0, 0.1) is 6.01 Å². The van der Waals surface area contributed by atoms with Crippen LogP contribution in [-0.2, 0) is 5.41 Å². The first kappa shape index (κ1) is 10.3. The van der Waals surface area contributed by atoms with Gasteiger partial charge in [-0.3, -0.25) is 0 Å². The van der Waals surface area contributed by atoms with E-state index in [0.717, 1.165) is 25.0 Å². The Balaban J connectivity index is 2.68. The summed E-state index contributed by atoms with van der Waals surface area (Å²) in [5.74, 6) is 0.749. The van der Waals surface area contributed by atoms with Crippen molar-refractivity contribution in [3.63, 3.8) is 0 Å². The summed E-state index contributed by atoms with van der Waals surface area (Å²) in [6, 6.07) is 2.62. The zero-order chi connectivity index (χ0) is 9.90. The Labute approximate surface area is 78.9 Å². The van der Waals surface area contributed by atoms with Crippen molar-refractivity contribution in [1.82, 2.24) is 0 Å². The maximum atomic E-state index is 12.6. The minimum atomic E-state index is -0.487. The first-order chi connectivity index (χ1) is 6.06. The minimum absolute atomic E-state index is 0.0413. The lowest BCUT2D eigenvalue weighted by Crippen LogP contribution is -2.15. The first-order valence-electron chi connectivity index (χ1n) is 4.82. The highest BCUT2D eigenvalue weighted by Crippen LogP contribution is 2.29. The van der Waals surface area contributed by atoms with Crippen LogP contribution in [0.5, 0.6) is 0 Å². The van der Waals surface area contributed by atoms with Crippen LogP contribution in [0.1, 0.15) is 45.8 Å². The lowest BCUT2D eigenvalue weighted by Gasteiger charge is -2.21. The summed E-state index contributed by atoms with van der Waals surface area (Å²) in [4.78, 5) is 0. The third-order valence-corrected chi connectivity index (χ3v) is 2.40. The van der Waals surface area contributed by atoms with Gasteiger partial charge in [0, 0.05) is 11.5 Å². The second kappa shape index (κ2) is 3.95. The van der Waals surface area contributed by atoms with Gasteiger partial charge in [-0.15, -0.1) is 0 Å². The summed E-state index contributed by atoms with van der Waals surface area (Å²) in [5.41, 5.74) is -0.0413. The van der Waals surface area contributed by atoms with Crippen LogP contribution < -0.4 is 0 Å². The van der Waals surface area contributed by atoms with Gasteiger partial charge in [-0.05, 0) is 12.5 Å². The molecule has 0 aliphatic heterocycles. The lowest BCUT2D eigenvalue weighted by atomic mass is 9.85. The van der Waals surface area contributed by atoms with E-state index in [0.29, 0.717) is 0 Å². The molecule has 0 radical (unpaired) electrons. The van der Waals surface area contributed by atoms with Crippen LogP contribution in [0.25, 0.3) is 0 Å². The Hall–Kier alpha value is -0.790. The van der Waals surface area contributed by atoms with Gasteiger partial charge in [0.2, 0.25) is 0 Å². The maximum Gasteiger partial charge on any atom is 0.277 e. The molecule has 0 aromatic carbocycles. The molecule has 0 fully saturated rings. The van der Waals surface area contributed by atoms with E-state index in [1.165, 1.54) is 6.07 Å². The number of hydrogen-bond acceptors (Lipinski definition) is 1. The third kappa shape index (κ3) is 2.58. The van der Waals surface area contributed by atoms with E-state index in [-0.39, 0.29) is 5.41 Å². The average molecular weight is 184 g/mol. The fourth-order valence-corrected chi connectivity index (χ4v) is 1.42. The molecule has 0 N–H and O–H groups in total. The van der Waals surface area contributed by atoms with E-state index < -0.39 is 6.01 Å². The molecule has 0 amide bonds. The number of hydrogen-bond donors (Lipinski definition) is 0. The standard InChI is InChI=1S/C11H17FO/c1-4-5-8-11(2,3)9-6-7-10(12)13-9/h6-7H,4-5,8H2,1-3H3. The largest absolute Gasteiger partial charge is 0.436 e. The monoisotopic (exact) mass is 184 g/mol. The van der Waals surface area contributed by atoms with E-state index in [2.05, 4.69) is 20.8 Å². The van der Waals surface area contributed by atoms with Gasteiger partial charge in [0.25, 0.3) is 6.01 Å². The first-order valence-corrected chi connectivity index (χ1v) is 4.82. The van der Waals surface area contributed by atoms with Gasteiger partial charge < -0.3 is 4.42 Å². The number of furan rings is 1. The molecule has 1 nitrogen and oxygen atoms in total. The van der Waals surface area contributed by atoms with Gasteiger partial charge in [-0.1, -0.05) is 33.6 Å². The molecule has 1 aromatic rings. The fraction of sp³-hybridized carbons (Fsp3) is 0.636. The molecular weight excluding hydrogens is 167 g/mol. The summed E-state index contributed by atoms with van der Waals surface area (Å²) in [7, 11) is 0. The Morgan fingerprint density at radius 1 is 1.38 bits per heavy atom. The van der Waals surface area contributed by atoms with Crippen LogP contribution in [-0.4, -0.2) is 0 Å². The summed E-state index contributed by atoms with van der Waals surface area (Å²) < 4.78 is 17.6. The topological polar surface area (TPSA) is 13.1 Å². The van der Waals surface area contributed by atoms with E-state index in [9.17, 15) is 4.39 Å². The van der Waals surface area contributed by atoms with Crippen molar-refractivity contribution in [2.75, 3.05) is 0 Å². The molecule has 1 aromatic heterocycles. The Kier molecular flexibility index (Phi) is 3.12. The Morgan fingerprint density at radius 3 is 2.54 bits per heavy atom. The number of rotatable bonds is 4. The molecule has 0 saturated carbocycles. The van der Waals surface area contributed by atoms with Crippen molar-refractivity contribution in [3.8, 4) is 0 Å². The normalized spacial score (nSPS) is 12.0. The Morgan fingerprint density at radius 2 is 2.08 bits per heavy atom. The van der Waals surface area contributed by atoms with E-state index in [1.807, 2.05) is 0 Å². The van der Waals surface area contributed by atoms with Crippen molar-refractivity contribution in [2.45, 2.75) is 45.4 Å². The van der Waals surface area contributed by atoms with Crippen LogP contribution >= 0.6 is 0 Å². The molecule has 0 atom stereocenters. The predicted molar refractivity (Wildman–Crippen MR) is 51.2 cm³/mol. The highest BCUT2D eigenvalue weighted by Gasteiger charge is 2.23. The van der Waals surface area contributed by atoms with Crippen LogP contribution in [0.3, 0.4) is 0 Å². The molecule has 0 aliphatic rings. The summed E-state index contributed by atoms with van der Waals surface area (Å²) in [6.07, 6.45) is 3.35. The van der Waals surface area contributed by atoms with E-state index in [1.54, 1.807) is 6.07 Å². The molecule has 0 spiro atoms. The zero-order valence-electron chi connectivity index (χ0n) is 8.56. The number of halogens is 1. The summed E-state index contributed by atoms with van der Waals surface area (Å²) >= 11 is 0. The van der Waals surface area contributed by atoms with Gasteiger partial charge in [0.05, 0.1) is 0 Å². The van der Waals surface area contributed by atoms with Crippen molar-refractivity contribution in [3.05, 3.63) is 23.9 Å². The lowest BCUT2D eigenvalue weighted by molar-refractivity contribution is 0.284. The average Bonchev–Trinajstić information content (AvgIpc) is 2.49. The van der Waals surface area contributed by atoms with Gasteiger partial charge in [0.15, 0.2) is 0 Å². The highest BCUT2D eigenvalue weighted by molar-refractivity contribution is 5.11. The highest BCUT2D eigenvalue weighted by atomic mass is 19.1. The van der Waals surface area contributed by atoms with Crippen LogP contribution in [0.15, 0.2) is 16.5 Å². The second-order valence-electron chi connectivity index (χ2n) is 4.09. The quantitative estimate of drug-likeness (QED) is 0.692. The van der Waals surface area contributed by atoms with Crippen molar-refractivity contribution < 1.29 is 8.81 Å². The third-order valence-electron chi connectivity index (χ3n) is 2.40. The molecule has 1 heterocycles. The van der Waals surface area contributed by atoms with Gasteiger partial charge in [0.1, 0.15) is 5.76 Å². The molecular formula is C11H17FO. The van der Waals surface area contributed by atoms with Crippen molar-refractivity contribution in [2.24, 2.45) is 0 Å². The summed E-state index contributed by atoms with van der Waals surface area (Å²) in [6.45, 7) is 6.32. The van der Waals surface area contributed by atoms with Gasteiger partial charge in [-0.25, -0.2) is 0 Å². The van der Waals surface area contributed by atoms with Crippen LogP contribution in [0.2, 0.25) is 0 Å². The molecule has 1 rings (SSSR count). The molecule has 0 aliphatic carbocycles. The van der Waals surface area contributed by atoms with Gasteiger partial charge >= 0.3 is 0 Å². The van der Waals surface area contributed by atoms with E-state index >= 15 is 0 Å². The Bertz CT molecular complexity index is 263. The smallest absolute Gasteiger partial charge is 0.277 e. The van der Waals surface area contributed by atoms with Crippen molar-refractivity contribution in [1.29, 1.82) is 0 Å². The molecule has 0 unspecified atom stereocenters. The number of unbranched alkanes of at least 4 members (excludes halogenated alkanes) is 1. The van der Waals surface area contributed by atoms with Crippen molar-refractivity contribution >= 4 is 0 Å². The minimum Gasteiger partial charge on any atom is -0.436 e. The fourth-order valence-electron chi connectivity index (χ4n) is 1.42. The molecule has 13 heavy (non-hydrogen) atoms. The SMILES string of the molecule is CCCCC(C)(C)c1ccc(F)o1. The maximum absolute atomic E-state index is 12.6. The molecule has 2 heteroatoms. The predicted octanol–water partition coefficient (Wildman–Crippen LogP) is 3.89. The van der Waals surface area contributed by atoms with E-state index in [4.69, 9.17) is 4.42 Å². The molecule has 0 saturated heterocycles. The van der Waals surface area contributed by atoms with Gasteiger partial charge in [-0.2, -0.15) is 4.39 Å².